The molecule has 1 aliphatic heterocycles. The van der Waals surface area contributed by atoms with E-state index in [2.05, 4.69) is 10.8 Å². The Morgan fingerprint density at radius 2 is 1.41 bits per heavy atom. The summed E-state index contributed by atoms with van der Waals surface area (Å²) in [4.78, 5) is 25.7. The SMILES string of the molecule is C=CCOC1O[C@@H](C)[C@@H](OS(=O)(=O)C(F)(F)F)[C@@H](OC(=O)c2ccccc2)[C@@H]1OC(=O)c1ccccc1. The van der Waals surface area contributed by atoms with Gasteiger partial charge in [0.05, 0.1) is 23.8 Å². The third-order valence-electron chi connectivity index (χ3n) is 5.13. The lowest BCUT2D eigenvalue weighted by Crippen LogP contribution is -2.61. The van der Waals surface area contributed by atoms with Crippen LogP contribution in [0.5, 0.6) is 0 Å². The zero-order chi connectivity index (χ0) is 27.2. The number of esters is 2. The smallest absolute Gasteiger partial charge is 0.452 e. The van der Waals surface area contributed by atoms with Gasteiger partial charge in [-0.15, -0.1) is 6.58 Å². The highest BCUT2D eigenvalue weighted by molar-refractivity contribution is 7.87. The summed E-state index contributed by atoms with van der Waals surface area (Å²) in [6.45, 7) is 4.54. The molecule has 2 aromatic rings. The Morgan fingerprint density at radius 3 is 1.86 bits per heavy atom. The van der Waals surface area contributed by atoms with E-state index in [1.54, 1.807) is 12.1 Å². The Balaban J connectivity index is 2.03. The van der Waals surface area contributed by atoms with Crippen LogP contribution in [0.1, 0.15) is 27.6 Å². The molecule has 0 saturated carbocycles. The van der Waals surface area contributed by atoms with Crippen LogP contribution in [-0.2, 0) is 33.2 Å². The van der Waals surface area contributed by atoms with E-state index in [1.165, 1.54) is 61.5 Å². The van der Waals surface area contributed by atoms with Crippen molar-refractivity contribution in [2.24, 2.45) is 0 Å². The second kappa shape index (κ2) is 11.9. The summed E-state index contributed by atoms with van der Waals surface area (Å²) in [7, 11) is -6.17. The minimum atomic E-state index is -6.17. The molecule has 0 amide bonds. The molecule has 0 N–H and O–H groups in total. The zero-order valence-electron chi connectivity index (χ0n) is 19.4. The largest absolute Gasteiger partial charge is 0.523 e. The molecule has 1 fully saturated rings. The van der Waals surface area contributed by atoms with Gasteiger partial charge in [0.1, 0.15) is 6.10 Å². The van der Waals surface area contributed by atoms with Crippen molar-refractivity contribution in [1.82, 2.24) is 0 Å². The van der Waals surface area contributed by atoms with Crippen LogP contribution >= 0.6 is 0 Å². The summed E-state index contributed by atoms with van der Waals surface area (Å²) in [5.41, 5.74) is -5.74. The third kappa shape index (κ3) is 6.95. The molecule has 0 aromatic heterocycles. The summed E-state index contributed by atoms with van der Waals surface area (Å²) in [6.07, 6.45) is -7.27. The minimum Gasteiger partial charge on any atom is -0.452 e. The van der Waals surface area contributed by atoms with E-state index in [9.17, 15) is 31.2 Å². The molecule has 1 saturated heterocycles. The average molecular weight is 545 g/mol. The molecule has 0 bridgehead atoms. The van der Waals surface area contributed by atoms with Crippen molar-refractivity contribution in [3.05, 3.63) is 84.4 Å². The highest BCUT2D eigenvalue weighted by Crippen LogP contribution is 2.34. The number of hydrogen-bond donors (Lipinski definition) is 0. The number of carbonyl (C=O) groups is 2. The number of benzene rings is 2. The predicted molar refractivity (Wildman–Crippen MR) is 122 cm³/mol. The summed E-state index contributed by atoms with van der Waals surface area (Å²) in [5.74, 6) is -2.00. The molecule has 200 valence electrons. The van der Waals surface area contributed by atoms with Crippen LogP contribution in [0.2, 0.25) is 0 Å². The fourth-order valence-corrected chi connectivity index (χ4v) is 4.06. The van der Waals surface area contributed by atoms with E-state index < -0.39 is 58.3 Å². The van der Waals surface area contributed by atoms with E-state index in [-0.39, 0.29) is 17.7 Å². The highest BCUT2D eigenvalue weighted by atomic mass is 32.2. The van der Waals surface area contributed by atoms with Crippen molar-refractivity contribution in [2.45, 2.75) is 43.1 Å². The molecular formula is C24H23F3O9S. The number of rotatable bonds is 9. The lowest BCUT2D eigenvalue weighted by molar-refractivity contribution is -0.285. The van der Waals surface area contributed by atoms with Crippen LogP contribution in [0, 0.1) is 0 Å². The van der Waals surface area contributed by atoms with Gasteiger partial charge in [-0.1, -0.05) is 42.5 Å². The second-order valence-electron chi connectivity index (χ2n) is 7.76. The van der Waals surface area contributed by atoms with Crippen molar-refractivity contribution in [3.63, 3.8) is 0 Å². The maximum Gasteiger partial charge on any atom is 0.523 e. The molecule has 5 atom stereocenters. The molecule has 37 heavy (non-hydrogen) atoms. The number of alkyl halides is 3. The Kier molecular flexibility index (Phi) is 9.07. The summed E-state index contributed by atoms with van der Waals surface area (Å²) in [5, 5.41) is 0. The van der Waals surface area contributed by atoms with Gasteiger partial charge in [-0.05, 0) is 31.2 Å². The molecule has 0 aliphatic carbocycles. The lowest BCUT2D eigenvalue weighted by atomic mass is 9.99. The van der Waals surface area contributed by atoms with Crippen LogP contribution in [0.25, 0.3) is 0 Å². The molecule has 1 heterocycles. The lowest BCUT2D eigenvalue weighted by Gasteiger charge is -2.43. The van der Waals surface area contributed by atoms with Crippen molar-refractivity contribution >= 4 is 22.1 Å². The van der Waals surface area contributed by atoms with Gasteiger partial charge in [0.15, 0.2) is 18.5 Å². The topological polar surface area (TPSA) is 114 Å². The van der Waals surface area contributed by atoms with Gasteiger partial charge in [0.25, 0.3) is 0 Å². The maximum atomic E-state index is 13.2. The van der Waals surface area contributed by atoms with Crippen molar-refractivity contribution < 1.29 is 54.3 Å². The van der Waals surface area contributed by atoms with Crippen LogP contribution in [0.3, 0.4) is 0 Å². The maximum absolute atomic E-state index is 13.2. The predicted octanol–water partition coefficient (Wildman–Crippen LogP) is 3.62. The number of hydrogen-bond acceptors (Lipinski definition) is 9. The number of ether oxygens (including phenoxy) is 4. The number of halogens is 3. The zero-order valence-corrected chi connectivity index (χ0v) is 20.2. The van der Waals surface area contributed by atoms with Gasteiger partial charge in [-0.3, -0.25) is 4.18 Å². The monoisotopic (exact) mass is 544 g/mol. The standard InChI is InChI=1S/C24H23F3O9S/c1-3-14-32-23-20(35-22(29)17-12-8-5-9-13-17)19(34-21(28)16-10-6-4-7-11-16)18(15(2)33-23)36-37(30,31)24(25,26)27/h3-13,15,18-20,23H,1,14H2,2H3/t15-,18+,19+,20-,23?/m0/s1. The van der Waals surface area contributed by atoms with E-state index in [1.807, 2.05) is 0 Å². The quantitative estimate of drug-likeness (QED) is 0.202. The Bertz CT molecular complexity index is 1190. The summed E-state index contributed by atoms with van der Waals surface area (Å²) < 4.78 is 89.6. The Morgan fingerprint density at radius 1 is 0.919 bits per heavy atom. The first-order valence-electron chi connectivity index (χ1n) is 10.8. The normalized spacial score (nSPS) is 24.2. The van der Waals surface area contributed by atoms with Crippen LogP contribution in [0.15, 0.2) is 73.3 Å². The molecule has 1 unspecified atom stereocenters. The Hall–Kier alpha value is -3.26. The van der Waals surface area contributed by atoms with Crippen molar-refractivity contribution in [1.29, 1.82) is 0 Å². The van der Waals surface area contributed by atoms with E-state index >= 15 is 0 Å². The van der Waals surface area contributed by atoms with Crippen LogP contribution in [0.4, 0.5) is 13.2 Å². The molecular weight excluding hydrogens is 521 g/mol. The highest BCUT2D eigenvalue weighted by Gasteiger charge is 2.56. The molecule has 0 spiro atoms. The summed E-state index contributed by atoms with van der Waals surface area (Å²) in [6, 6.07) is 14.9. The van der Waals surface area contributed by atoms with Crippen LogP contribution in [-0.4, -0.2) is 63.2 Å². The molecule has 13 heteroatoms. The molecule has 2 aromatic carbocycles. The van der Waals surface area contributed by atoms with Gasteiger partial charge in [-0.25, -0.2) is 9.59 Å². The Labute approximate surface area is 210 Å². The summed E-state index contributed by atoms with van der Waals surface area (Å²) >= 11 is 0. The van der Waals surface area contributed by atoms with Gasteiger partial charge in [-0.2, -0.15) is 21.6 Å². The molecule has 3 rings (SSSR count). The van der Waals surface area contributed by atoms with E-state index in [0.29, 0.717) is 0 Å². The van der Waals surface area contributed by atoms with E-state index in [4.69, 9.17) is 18.9 Å². The molecule has 1 aliphatic rings. The minimum absolute atomic E-state index is 0.00392. The van der Waals surface area contributed by atoms with Gasteiger partial charge in [0, 0.05) is 0 Å². The fraction of sp³-hybridized carbons (Fsp3) is 0.333. The molecule has 9 nitrogen and oxygen atoms in total. The van der Waals surface area contributed by atoms with Crippen molar-refractivity contribution in [3.8, 4) is 0 Å². The second-order valence-corrected chi connectivity index (χ2v) is 9.33. The first-order chi connectivity index (χ1) is 17.4. The molecule has 0 radical (unpaired) electrons. The van der Waals surface area contributed by atoms with E-state index in [0.717, 1.165) is 0 Å². The first kappa shape index (κ1) is 28.3. The van der Waals surface area contributed by atoms with Crippen molar-refractivity contribution in [2.75, 3.05) is 6.61 Å². The number of carbonyl (C=O) groups excluding carboxylic acids is 2. The van der Waals surface area contributed by atoms with Gasteiger partial charge in [0.2, 0.25) is 0 Å². The first-order valence-corrected chi connectivity index (χ1v) is 12.2. The van der Waals surface area contributed by atoms with Gasteiger partial charge < -0.3 is 18.9 Å². The fourth-order valence-electron chi connectivity index (χ4n) is 3.39. The average Bonchev–Trinajstić information content (AvgIpc) is 2.86. The van der Waals surface area contributed by atoms with Gasteiger partial charge >= 0.3 is 27.6 Å². The van der Waals surface area contributed by atoms with Crippen LogP contribution < -0.4 is 0 Å². The third-order valence-corrected chi connectivity index (χ3v) is 6.17.